The summed E-state index contributed by atoms with van der Waals surface area (Å²) >= 11 is 3.52. The summed E-state index contributed by atoms with van der Waals surface area (Å²) in [6, 6.07) is 17.6. The van der Waals surface area contributed by atoms with Gasteiger partial charge in [-0.1, -0.05) is 24.3 Å². The number of halogens is 2. The lowest BCUT2D eigenvalue weighted by Gasteiger charge is -2.30. The first-order valence-corrected chi connectivity index (χ1v) is 11.8. The summed E-state index contributed by atoms with van der Waals surface area (Å²) in [5, 5.41) is 7.09. The van der Waals surface area contributed by atoms with Crippen LogP contribution in [0.15, 0.2) is 76.4 Å². The van der Waals surface area contributed by atoms with Crippen molar-refractivity contribution in [2.75, 3.05) is 24.9 Å². The number of fused-ring (bicyclic) bond motifs is 1. The number of anilines is 2. The van der Waals surface area contributed by atoms with Crippen molar-refractivity contribution in [2.24, 2.45) is 0 Å². The monoisotopic (exact) mass is 522 g/mol. The molecule has 0 bridgehead atoms. The SMILES string of the molecule is COc1cc(C2Nc3ccccc3NC3=C2C(=O)CC(c2ccc(F)cc2)C3)c(OC)cc1Br. The number of carbonyl (C=O) groups is 1. The van der Waals surface area contributed by atoms with E-state index in [9.17, 15) is 9.18 Å². The summed E-state index contributed by atoms with van der Waals surface area (Å²) in [7, 11) is 3.22. The molecule has 174 valence electrons. The summed E-state index contributed by atoms with van der Waals surface area (Å²) in [5.41, 5.74) is 5.08. The minimum absolute atomic E-state index is 0.0355. The number of carbonyl (C=O) groups excluding carboxylic acids is 1. The standard InChI is InChI=1S/C27H24BrFN2O3/c1-33-24-14-19(28)25(34-2)13-18(24)27-26-22(30-20-5-3-4-6-21(20)31-27)11-16(12-23(26)32)15-7-9-17(29)10-8-15/h3-10,13-14,16,27,30-31H,11-12H2,1-2H3. The number of rotatable bonds is 4. The molecule has 1 aliphatic carbocycles. The number of hydrogen-bond donors (Lipinski definition) is 2. The minimum Gasteiger partial charge on any atom is -0.496 e. The maximum atomic E-state index is 13.7. The van der Waals surface area contributed by atoms with Crippen LogP contribution in [0.1, 0.15) is 35.9 Å². The number of ether oxygens (including phenoxy) is 2. The quantitative estimate of drug-likeness (QED) is 0.405. The molecular weight excluding hydrogens is 499 g/mol. The molecule has 1 heterocycles. The number of methoxy groups -OCH3 is 2. The predicted octanol–water partition coefficient (Wildman–Crippen LogP) is 6.58. The molecule has 5 nitrogen and oxygen atoms in total. The second-order valence-electron chi connectivity index (χ2n) is 8.45. The lowest BCUT2D eigenvalue weighted by molar-refractivity contribution is -0.116. The van der Waals surface area contributed by atoms with E-state index in [-0.39, 0.29) is 17.5 Å². The summed E-state index contributed by atoms with van der Waals surface area (Å²) < 4.78 is 25.5. The number of allylic oxidation sites excluding steroid dienone is 1. The van der Waals surface area contributed by atoms with E-state index in [1.54, 1.807) is 26.4 Å². The molecule has 5 rings (SSSR count). The fourth-order valence-corrected chi connectivity index (χ4v) is 5.29. The molecule has 0 spiro atoms. The van der Waals surface area contributed by atoms with E-state index in [2.05, 4.69) is 26.6 Å². The molecule has 0 saturated carbocycles. The van der Waals surface area contributed by atoms with Gasteiger partial charge in [0, 0.05) is 23.3 Å². The zero-order valence-electron chi connectivity index (χ0n) is 18.8. The molecule has 2 unspecified atom stereocenters. The Hall–Kier alpha value is -3.32. The molecule has 3 aromatic carbocycles. The van der Waals surface area contributed by atoms with Crippen LogP contribution in [0.3, 0.4) is 0 Å². The Morgan fingerprint density at radius 1 is 0.941 bits per heavy atom. The zero-order chi connectivity index (χ0) is 23.8. The van der Waals surface area contributed by atoms with Gasteiger partial charge in [-0.05, 0) is 70.2 Å². The molecule has 2 atom stereocenters. The van der Waals surface area contributed by atoms with Crippen LogP contribution in [-0.2, 0) is 4.79 Å². The van der Waals surface area contributed by atoms with E-state index in [4.69, 9.17) is 9.47 Å². The maximum Gasteiger partial charge on any atom is 0.163 e. The number of ketones is 1. The average Bonchev–Trinajstić information content (AvgIpc) is 3.01. The maximum absolute atomic E-state index is 13.7. The van der Waals surface area contributed by atoms with Crippen molar-refractivity contribution in [1.82, 2.24) is 0 Å². The first-order chi connectivity index (χ1) is 16.5. The van der Waals surface area contributed by atoms with E-state index in [0.717, 1.165) is 32.7 Å². The van der Waals surface area contributed by atoms with E-state index in [0.29, 0.717) is 29.9 Å². The van der Waals surface area contributed by atoms with Gasteiger partial charge in [-0.15, -0.1) is 0 Å². The normalized spacial score (nSPS) is 19.4. The van der Waals surface area contributed by atoms with Gasteiger partial charge in [0.15, 0.2) is 5.78 Å². The van der Waals surface area contributed by atoms with Crippen LogP contribution in [0.4, 0.5) is 15.8 Å². The molecule has 0 fully saturated rings. The van der Waals surface area contributed by atoms with Gasteiger partial charge in [0.05, 0.1) is 36.1 Å². The Bertz CT molecular complexity index is 1290. The fourth-order valence-electron chi connectivity index (χ4n) is 4.81. The Labute approximate surface area is 206 Å². The van der Waals surface area contributed by atoms with Gasteiger partial charge in [0.1, 0.15) is 17.3 Å². The third-order valence-corrected chi connectivity index (χ3v) is 7.09. The van der Waals surface area contributed by atoms with Crippen LogP contribution in [0.5, 0.6) is 11.5 Å². The summed E-state index contributed by atoms with van der Waals surface area (Å²) in [4.78, 5) is 13.7. The molecule has 0 saturated heterocycles. The molecule has 3 aromatic rings. The van der Waals surface area contributed by atoms with Crippen LogP contribution >= 0.6 is 15.9 Å². The number of Topliss-reactive ketones (excluding diaryl/α,β-unsaturated/α-hetero) is 1. The van der Waals surface area contributed by atoms with Gasteiger partial charge in [-0.3, -0.25) is 4.79 Å². The largest absolute Gasteiger partial charge is 0.496 e. The second-order valence-corrected chi connectivity index (χ2v) is 9.30. The van der Waals surface area contributed by atoms with Gasteiger partial charge < -0.3 is 20.1 Å². The number of benzene rings is 3. The first-order valence-electron chi connectivity index (χ1n) is 11.0. The van der Waals surface area contributed by atoms with Crippen molar-refractivity contribution in [2.45, 2.75) is 24.8 Å². The minimum atomic E-state index is -0.440. The molecule has 0 aromatic heterocycles. The molecule has 1 aliphatic heterocycles. The lowest BCUT2D eigenvalue weighted by atomic mass is 9.78. The Morgan fingerprint density at radius 2 is 1.65 bits per heavy atom. The van der Waals surface area contributed by atoms with Crippen molar-refractivity contribution in [3.05, 3.63) is 93.4 Å². The highest BCUT2D eigenvalue weighted by molar-refractivity contribution is 9.10. The topological polar surface area (TPSA) is 59.6 Å². The Morgan fingerprint density at radius 3 is 2.35 bits per heavy atom. The summed E-state index contributed by atoms with van der Waals surface area (Å²) in [5.74, 6) is 1.01. The highest BCUT2D eigenvalue weighted by atomic mass is 79.9. The molecular formula is C27H24BrFN2O3. The van der Waals surface area contributed by atoms with E-state index in [1.807, 2.05) is 36.4 Å². The van der Waals surface area contributed by atoms with Crippen LogP contribution in [-0.4, -0.2) is 20.0 Å². The van der Waals surface area contributed by atoms with Crippen LogP contribution in [0, 0.1) is 5.82 Å². The fraction of sp³-hybridized carbons (Fsp3) is 0.222. The third kappa shape index (κ3) is 4.05. The average molecular weight is 523 g/mol. The predicted molar refractivity (Wildman–Crippen MR) is 134 cm³/mol. The van der Waals surface area contributed by atoms with Crippen LogP contribution in [0.2, 0.25) is 0 Å². The highest BCUT2D eigenvalue weighted by Crippen LogP contribution is 2.47. The third-order valence-electron chi connectivity index (χ3n) is 6.47. The summed E-state index contributed by atoms with van der Waals surface area (Å²) in [6.07, 6.45) is 0.978. The molecule has 2 N–H and O–H groups in total. The molecule has 2 aliphatic rings. The van der Waals surface area contributed by atoms with Crippen LogP contribution in [0.25, 0.3) is 0 Å². The van der Waals surface area contributed by atoms with E-state index < -0.39 is 6.04 Å². The smallest absolute Gasteiger partial charge is 0.163 e. The molecule has 0 amide bonds. The van der Waals surface area contributed by atoms with Crippen molar-refractivity contribution < 1.29 is 18.7 Å². The second kappa shape index (κ2) is 9.14. The van der Waals surface area contributed by atoms with Gasteiger partial charge in [-0.25, -0.2) is 4.39 Å². The zero-order valence-corrected chi connectivity index (χ0v) is 20.4. The number of nitrogens with one attached hydrogen (secondary N) is 2. The van der Waals surface area contributed by atoms with E-state index >= 15 is 0 Å². The van der Waals surface area contributed by atoms with Crippen molar-refractivity contribution in [3.8, 4) is 11.5 Å². The van der Waals surface area contributed by atoms with E-state index in [1.165, 1.54) is 12.1 Å². The van der Waals surface area contributed by atoms with Gasteiger partial charge in [0.2, 0.25) is 0 Å². The lowest BCUT2D eigenvalue weighted by Crippen LogP contribution is -2.27. The van der Waals surface area contributed by atoms with Gasteiger partial charge in [0.25, 0.3) is 0 Å². The van der Waals surface area contributed by atoms with Crippen molar-refractivity contribution in [1.29, 1.82) is 0 Å². The number of hydrogen-bond acceptors (Lipinski definition) is 5. The van der Waals surface area contributed by atoms with Crippen molar-refractivity contribution >= 4 is 33.1 Å². The van der Waals surface area contributed by atoms with Gasteiger partial charge in [-0.2, -0.15) is 0 Å². The molecule has 7 heteroatoms. The Kier molecular flexibility index (Phi) is 6.04. The molecule has 34 heavy (non-hydrogen) atoms. The summed E-state index contributed by atoms with van der Waals surface area (Å²) in [6.45, 7) is 0. The molecule has 0 radical (unpaired) electrons. The number of para-hydroxylation sites is 2. The van der Waals surface area contributed by atoms with Crippen molar-refractivity contribution in [3.63, 3.8) is 0 Å². The van der Waals surface area contributed by atoms with Gasteiger partial charge >= 0.3 is 0 Å². The Balaban J connectivity index is 1.65. The highest BCUT2D eigenvalue weighted by Gasteiger charge is 2.37. The van der Waals surface area contributed by atoms with Crippen LogP contribution < -0.4 is 20.1 Å². The first kappa shape index (κ1) is 22.5.